The number of carbonyl (C=O) groups is 2. The monoisotopic (exact) mass is 318 g/mol. The van der Waals surface area contributed by atoms with Crippen molar-refractivity contribution in [3.8, 4) is 11.5 Å². The number of hydrogen-bond acceptors (Lipinski definition) is 6. The minimum Gasteiger partial charge on any atom is -0.550 e. The van der Waals surface area contributed by atoms with Gasteiger partial charge in [-0.15, -0.1) is 0 Å². The summed E-state index contributed by atoms with van der Waals surface area (Å²) in [6, 6.07) is 5.42. The minimum atomic E-state index is -1.21. The van der Waals surface area contributed by atoms with Gasteiger partial charge >= 0.3 is 0 Å². The quantitative estimate of drug-likeness (QED) is 0.809. The smallest absolute Gasteiger partial charge is 0.231 e. The summed E-state index contributed by atoms with van der Waals surface area (Å²) in [5, 5.41) is 14.1. The summed E-state index contributed by atoms with van der Waals surface area (Å²) in [6.45, 7) is 0.490. The molecule has 4 rings (SSSR count). The zero-order valence-corrected chi connectivity index (χ0v) is 12.3. The average Bonchev–Trinajstić information content (AvgIpc) is 3.25. The van der Waals surface area contributed by atoms with Crippen molar-refractivity contribution in [2.24, 2.45) is 11.8 Å². The van der Waals surface area contributed by atoms with Gasteiger partial charge in [0.05, 0.1) is 18.1 Å². The highest BCUT2D eigenvalue weighted by Crippen LogP contribution is 2.43. The lowest BCUT2D eigenvalue weighted by Crippen LogP contribution is -2.48. The predicted octanol–water partition coefficient (Wildman–Crippen LogP) is -0.425. The summed E-state index contributed by atoms with van der Waals surface area (Å²) in [5.74, 6) is -1.71. The standard InChI is InChI=1S/C16H17NO6/c18-15(13-10-3-4-11(23-10)14(13)16(19)20)17-6-8-1-2-9-12(5-8)22-7-21-9/h1-2,5,10-11,13-14H,3-4,6-7H2,(H,17,18)(H,19,20)/p-1/t10-,11+,13+,14-/m1/s1. The molecule has 7 heteroatoms. The molecular weight excluding hydrogens is 302 g/mol. The highest BCUT2D eigenvalue weighted by atomic mass is 16.7. The minimum absolute atomic E-state index is 0.195. The van der Waals surface area contributed by atoms with E-state index >= 15 is 0 Å². The number of carbonyl (C=O) groups excluding carboxylic acids is 2. The second-order valence-electron chi connectivity index (χ2n) is 6.07. The summed E-state index contributed by atoms with van der Waals surface area (Å²) < 4.78 is 16.1. The van der Waals surface area contributed by atoms with Crippen LogP contribution in [0, 0.1) is 11.8 Å². The second-order valence-corrected chi connectivity index (χ2v) is 6.07. The van der Waals surface area contributed by atoms with Gasteiger partial charge < -0.3 is 29.4 Å². The first-order valence-corrected chi connectivity index (χ1v) is 7.66. The lowest BCUT2D eigenvalue weighted by Gasteiger charge is -2.27. The highest BCUT2D eigenvalue weighted by molar-refractivity contribution is 5.86. The Labute approximate surface area is 132 Å². The lowest BCUT2D eigenvalue weighted by atomic mass is 9.78. The van der Waals surface area contributed by atoms with Gasteiger partial charge in [0, 0.05) is 18.4 Å². The van der Waals surface area contributed by atoms with Crippen molar-refractivity contribution >= 4 is 11.9 Å². The molecule has 0 aliphatic carbocycles. The van der Waals surface area contributed by atoms with Crippen molar-refractivity contribution in [1.82, 2.24) is 5.32 Å². The molecule has 2 bridgehead atoms. The molecule has 7 nitrogen and oxygen atoms in total. The van der Waals surface area contributed by atoms with Gasteiger partial charge in [-0.05, 0) is 30.5 Å². The van der Waals surface area contributed by atoms with Crippen LogP contribution in [-0.2, 0) is 20.9 Å². The zero-order chi connectivity index (χ0) is 16.0. The summed E-state index contributed by atoms with van der Waals surface area (Å²) >= 11 is 0. The summed E-state index contributed by atoms with van der Waals surface area (Å²) in [5.41, 5.74) is 0.858. The first-order chi connectivity index (χ1) is 11.1. The van der Waals surface area contributed by atoms with Crippen LogP contribution < -0.4 is 19.9 Å². The topological polar surface area (TPSA) is 96.9 Å². The van der Waals surface area contributed by atoms with E-state index in [1.165, 1.54) is 0 Å². The number of amides is 1. The summed E-state index contributed by atoms with van der Waals surface area (Å²) in [4.78, 5) is 23.7. The van der Waals surface area contributed by atoms with Crippen LogP contribution >= 0.6 is 0 Å². The van der Waals surface area contributed by atoms with Gasteiger partial charge in [-0.2, -0.15) is 0 Å². The number of ether oxygens (including phenoxy) is 3. The first-order valence-electron chi connectivity index (χ1n) is 7.66. The Morgan fingerprint density at radius 1 is 1.13 bits per heavy atom. The van der Waals surface area contributed by atoms with E-state index in [9.17, 15) is 14.7 Å². The fourth-order valence-electron chi connectivity index (χ4n) is 3.67. The van der Waals surface area contributed by atoms with Gasteiger partial charge in [0.25, 0.3) is 0 Å². The second kappa shape index (κ2) is 5.42. The number of carboxylic acids is 1. The van der Waals surface area contributed by atoms with Crippen LogP contribution in [0.15, 0.2) is 18.2 Å². The number of benzene rings is 1. The van der Waals surface area contributed by atoms with E-state index in [1.807, 2.05) is 6.07 Å². The van der Waals surface area contributed by atoms with Gasteiger partial charge in [0.1, 0.15) is 0 Å². The molecule has 23 heavy (non-hydrogen) atoms. The van der Waals surface area contributed by atoms with E-state index in [1.54, 1.807) is 12.1 Å². The molecule has 1 amide bonds. The maximum absolute atomic E-state index is 12.4. The Kier molecular flexibility index (Phi) is 3.37. The van der Waals surface area contributed by atoms with E-state index in [0.717, 1.165) is 12.0 Å². The maximum Gasteiger partial charge on any atom is 0.231 e. The van der Waals surface area contributed by atoms with Gasteiger partial charge in [-0.1, -0.05) is 6.07 Å². The molecule has 0 spiro atoms. The van der Waals surface area contributed by atoms with E-state index in [4.69, 9.17) is 14.2 Å². The third-order valence-electron chi connectivity index (χ3n) is 4.75. The number of aliphatic carboxylic acids is 1. The van der Waals surface area contributed by atoms with Gasteiger partial charge in [-0.3, -0.25) is 4.79 Å². The van der Waals surface area contributed by atoms with Crippen LogP contribution in [0.5, 0.6) is 11.5 Å². The third kappa shape index (κ3) is 2.41. The largest absolute Gasteiger partial charge is 0.550 e. The Bertz CT molecular complexity index is 660. The molecule has 122 valence electrons. The van der Waals surface area contributed by atoms with Crippen molar-refractivity contribution < 1.29 is 28.9 Å². The molecule has 1 aromatic rings. The summed E-state index contributed by atoms with van der Waals surface area (Å²) in [6.07, 6.45) is 0.678. The molecule has 0 aromatic heterocycles. The van der Waals surface area contributed by atoms with Gasteiger partial charge in [0.2, 0.25) is 12.7 Å². The number of hydrogen-bond donors (Lipinski definition) is 1. The van der Waals surface area contributed by atoms with E-state index in [-0.39, 0.29) is 18.8 Å². The number of rotatable bonds is 4. The molecular formula is C16H16NO6-. The first kappa shape index (κ1) is 14.3. The number of carboxylic acid groups (broad SMARTS) is 1. The molecule has 3 heterocycles. The van der Waals surface area contributed by atoms with Crippen LogP contribution in [0.2, 0.25) is 0 Å². The number of fused-ring (bicyclic) bond motifs is 3. The Hall–Kier alpha value is -2.28. The molecule has 3 aliphatic rings. The van der Waals surface area contributed by atoms with Crippen LogP contribution in [0.25, 0.3) is 0 Å². The van der Waals surface area contributed by atoms with Crippen LogP contribution in [0.4, 0.5) is 0 Å². The van der Waals surface area contributed by atoms with Crippen molar-refractivity contribution in [3.63, 3.8) is 0 Å². The molecule has 0 unspecified atom stereocenters. The maximum atomic E-state index is 12.4. The molecule has 4 atom stereocenters. The molecule has 2 fully saturated rings. The van der Waals surface area contributed by atoms with Crippen LogP contribution in [-0.4, -0.2) is 30.9 Å². The van der Waals surface area contributed by atoms with E-state index < -0.39 is 23.9 Å². The van der Waals surface area contributed by atoms with E-state index in [0.29, 0.717) is 24.5 Å². The average molecular weight is 318 g/mol. The summed E-state index contributed by atoms with van der Waals surface area (Å²) in [7, 11) is 0. The fraction of sp³-hybridized carbons (Fsp3) is 0.500. The van der Waals surface area contributed by atoms with E-state index in [2.05, 4.69) is 5.32 Å². The number of nitrogens with one attached hydrogen (secondary N) is 1. The normalized spacial score (nSPS) is 30.4. The zero-order valence-electron chi connectivity index (χ0n) is 12.3. The predicted molar refractivity (Wildman–Crippen MR) is 74.3 cm³/mol. The van der Waals surface area contributed by atoms with Crippen molar-refractivity contribution in [3.05, 3.63) is 23.8 Å². The Morgan fingerprint density at radius 3 is 2.65 bits per heavy atom. The molecule has 0 radical (unpaired) electrons. The molecule has 1 N–H and O–H groups in total. The Morgan fingerprint density at radius 2 is 1.87 bits per heavy atom. The van der Waals surface area contributed by atoms with Gasteiger partial charge in [-0.25, -0.2) is 0 Å². The highest BCUT2D eigenvalue weighted by Gasteiger charge is 2.52. The SMILES string of the molecule is O=C(NCc1ccc2c(c1)OCO2)[C@@H]1[C@H](C(=O)[O-])[C@@H]2CC[C@H]1O2. The molecule has 2 saturated heterocycles. The molecule has 0 saturated carbocycles. The van der Waals surface area contributed by atoms with Crippen LogP contribution in [0.3, 0.4) is 0 Å². The van der Waals surface area contributed by atoms with Gasteiger partial charge in [0.15, 0.2) is 11.5 Å². The lowest BCUT2D eigenvalue weighted by molar-refractivity contribution is -0.314. The van der Waals surface area contributed by atoms with Crippen molar-refractivity contribution in [2.75, 3.05) is 6.79 Å². The van der Waals surface area contributed by atoms with Crippen molar-refractivity contribution in [2.45, 2.75) is 31.6 Å². The van der Waals surface area contributed by atoms with Crippen LogP contribution in [0.1, 0.15) is 18.4 Å². The molecule has 1 aromatic carbocycles. The Balaban J connectivity index is 1.43. The fourth-order valence-corrected chi connectivity index (χ4v) is 3.67. The molecule has 3 aliphatic heterocycles. The third-order valence-corrected chi connectivity index (χ3v) is 4.75. The van der Waals surface area contributed by atoms with Crippen molar-refractivity contribution in [1.29, 1.82) is 0 Å².